The molecule has 1 amide bonds. The van der Waals surface area contributed by atoms with Gasteiger partial charge in [0.2, 0.25) is 15.9 Å². The highest BCUT2D eigenvalue weighted by atomic mass is 32.2. The number of rotatable bonds is 8. The summed E-state index contributed by atoms with van der Waals surface area (Å²) in [4.78, 5) is 12.4. The van der Waals surface area contributed by atoms with E-state index in [1.54, 1.807) is 32.0 Å². The summed E-state index contributed by atoms with van der Waals surface area (Å²) in [5.41, 5.74) is 1.68. The lowest BCUT2D eigenvalue weighted by Crippen LogP contribution is -2.49. The lowest BCUT2D eigenvalue weighted by Gasteiger charge is -2.21. The minimum absolute atomic E-state index is 0.163. The molecule has 0 radical (unpaired) electrons. The van der Waals surface area contributed by atoms with Crippen molar-refractivity contribution in [1.29, 1.82) is 0 Å². The molecule has 136 valence electrons. The molecule has 2 aromatic rings. The van der Waals surface area contributed by atoms with Gasteiger partial charge in [-0.05, 0) is 30.5 Å². The third-order valence-corrected chi connectivity index (χ3v) is 5.04. The van der Waals surface area contributed by atoms with Crippen LogP contribution in [0.5, 0.6) is 0 Å². The van der Waals surface area contributed by atoms with Crippen LogP contribution in [0.25, 0.3) is 0 Å². The van der Waals surface area contributed by atoms with Crippen LogP contribution in [-0.4, -0.2) is 20.4 Å². The lowest BCUT2D eigenvalue weighted by atomic mass is 10.1. The van der Waals surface area contributed by atoms with Gasteiger partial charge in [0.25, 0.3) is 0 Å². The Hall–Kier alpha value is -2.12. The highest BCUT2D eigenvalue weighted by Crippen LogP contribution is 2.11. The Bertz CT molecular complexity index is 798. The molecular weight excluding hydrogens is 340 g/mol. The highest BCUT2D eigenvalue weighted by molar-refractivity contribution is 7.88. The fourth-order valence-electron chi connectivity index (χ4n) is 2.45. The van der Waals surface area contributed by atoms with E-state index in [4.69, 9.17) is 4.42 Å². The van der Waals surface area contributed by atoms with Crippen LogP contribution in [0.15, 0.2) is 47.1 Å². The Morgan fingerprint density at radius 3 is 2.56 bits per heavy atom. The van der Waals surface area contributed by atoms with E-state index < -0.39 is 16.1 Å². The Morgan fingerprint density at radius 1 is 1.20 bits per heavy atom. The van der Waals surface area contributed by atoms with Crippen LogP contribution in [0.1, 0.15) is 30.7 Å². The summed E-state index contributed by atoms with van der Waals surface area (Å²) in [6, 6.07) is 9.93. The first-order chi connectivity index (χ1) is 11.8. The van der Waals surface area contributed by atoms with Crippen LogP contribution < -0.4 is 10.0 Å². The largest absolute Gasteiger partial charge is 0.467 e. The first kappa shape index (κ1) is 19.2. The van der Waals surface area contributed by atoms with E-state index in [2.05, 4.69) is 10.0 Å². The summed E-state index contributed by atoms with van der Waals surface area (Å²) in [7, 11) is -3.65. The van der Waals surface area contributed by atoms with Crippen molar-refractivity contribution in [3.63, 3.8) is 0 Å². The number of furan rings is 1. The molecule has 2 N–H and O–H groups in total. The molecule has 0 bridgehead atoms. The molecule has 25 heavy (non-hydrogen) atoms. The third kappa shape index (κ3) is 6.03. The van der Waals surface area contributed by atoms with Gasteiger partial charge < -0.3 is 9.73 Å². The minimum Gasteiger partial charge on any atom is -0.467 e. The minimum atomic E-state index is -3.65. The Balaban J connectivity index is 2.02. The maximum atomic E-state index is 12.5. The van der Waals surface area contributed by atoms with Crippen LogP contribution in [0.2, 0.25) is 0 Å². The van der Waals surface area contributed by atoms with Crippen molar-refractivity contribution in [3.8, 4) is 0 Å². The van der Waals surface area contributed by atoms with E-state index >= 15 is 0 Å². The molecule has 0 saturated heterocycles. The maximum Gasteiger partial charge on any atom is 0.238 e. The summed E-state index contributed by atoms with van der Waals surface area (Å²) in [6.45, 7) is 5.72. The van der Waals surface area contributed by atoms with Crippen LogP contribution >= 0.6 is 0 Å². The van der Waals surface area contributed by atoms with Crippen molar-refractivity contribution in [2.45, 2.75) is 39.1 Å². The molecule has 7 heteroatoms. The van der Waals surface area contributed by atoms with Crippen molar-refractivity contribution in [1.82, 2.24) is 10.0 Å². The zero-order chi connectivity index (χ0) is 18.4. The van der Waals surface area contributed by atoms with Crippen LogP contribution in [0.3, 0.4) is 0 Å². The number of aryl methyl sites for hydroxylation is 1. The molecule has 0 aliphatic carbocycles. The van der Waals surface area contributed by atoms with Gasteiger partial charge in [0.1, 0.15) is 11.8 Å². The number of hydrogen-bond donors (Lipinski definition) is 2. The molecule has 1 atom stereocenters. The summed E-state index contributed by atoms with van der Waals surface area (Å²) >= 11 is 0. The second-order valence-electron chi connectivity index (χ2n) is 6.38. The monoisotopic (exact) mass is 364 g/mol. The second kappa shape index (κ2) is 8.31. The predicted molar refractivity (Wildman–Crippen MR) is 96.1 cm³/mol. The molecule has 1 aromatic carbocycles. The number of hydrogen-bond acceptors (Lipinski definition) is 4. The number of carbonyl (C=O) groups excluding carboxylic acids is 1. The normalized spacial score (nSPS) is 13.0. The molecular formula is C18H24N2O4S. The number of sulfonamides is 1. The third-order valence-electron chi connectivity index (χ3n) is 3.71. The maximum absolute atomic E-state index is 12.5. The van der Waals surface area contributed by atoms with Crippen LogP contribution in [-0.2, 0) is 27.1 Å². The molecule has 2 rings (SSSR count). The molecule has 6 nitrogen and oxygen atoms in total. The van der Waals surface area contributed by atoms with Crippen LogP contribution in [0, 0.1) is 12.8 Å². The molecule has 1 aromatic heterocycles. The quantitative estimate of drug-likeness (QED) is 0.752. The standard InChI is InChI=1S/C18H24N2O4S/c1-13(2)17(18(21)19-11-16-8-5-9-24-16)20-25(22,23)12-15-7-4-6-14(3)10-15/h4-10,13,17,20H,11-12H2,1-3H3,(H,19,21)/t17-/m0/s1. The molecule has 0 aliphatic rings. The first-order valence-electron chi connectivity index (χ1n) is 8.12. The number of carbonyl (C=O) groups is 1. The van der Waals surface area contributed by atoms with Gasteiger partial charge in [-0.3, -0.25) is 4.79 Å². The molecule has 0 saturated carbocycles. The number of benzene rings is 1. The SMILES string of the molecule is Cc1cccc(CS(=O)(=O)N[C@H](C(=O)NCc2ccco2)C(C)C)c1. The average Bonchev–Trinajstić information content (AvgIpc) is 3.03. The Morgan fingerprint density at radius 2 is 1.96 bits per heavy atom. The molecule has 0 spiro atoms. The topological polar surface area (TPSA) is 88.4 Å². The summed E-state index contributed by atoms with van der Waals surface area (Å²) in [6.07, 6.45) is 1.52. The zero-order valence-corrected chi connectivity index (χ0v) is 15.5. The highest BCUT2D eigenvalue weighted by Gasteiger charge is 2.27. The van der Waals surface area contributed by atoms with Gasteiger partial charge in [-0.2, -0.15) is 0 Å². The molecule has 1 heterocycles. The Labute approximate surface area is 148 Å². The number of amides is 1. The molecule has 0 aliphatic heterocycles. The summed E-state index contributed by atoms with van der Waals surface area (Å²) in [5.74, 6) is -0.120. The van der Waals surface area contributed by atoms with E-state index in [1.165, 1.54) is 6.26 Å². The van der Waals surface area contributed by atoms with Gasteiger partial charge in [-0.15, -0.1) is 0 Å². The van der Waals surface area contributed by atoms with Gasteiger partial charge in [0.15, 0.2) is 0 Å². The van der Waals surface area contributed by atoms with Crippen molar-refractivity contribution in [3.05, 3.63) is 59.5 Å². The smallest absolute Gasteiger partial charge is 0.238 e. The van der Waals surface area contributed by atoms with Gasteiger partial charge in [0.05, 0.1) is 18.6 Å². The fraction of sp³-hybridized carbons (Fsp3) is 0.389. The Kier molecular flexibility index (Phi) is 6.39. The fourth-order valence-corrected chi connectivity index (χ4v) is 3.91. The van der Waals surface area contributed by atoms with E-state index in [1.807, 2.05) is 25.1 Å². The van der Waals surface area contributed by atoms with E-state index in [-0.39, 0.29) is 24.1 Å². The van der Waals surface area contributed by atoms with E-state index in [9.17, 15) is 13.2 Å². The summed E-state index contributed by atoms with van der Waals surface area (Å²) in [5, 5.41) is 2.70. The van der Waals surface area contributed by atoms with Gasteiger partial charge >= 0.3 is 0 Å². The van der Waals surface area contributed by atoms with Gasteiger partial charge in [-0.25, -0.2) is 13.1 Å². The second-order valence-corrected chi connectivity index (χ2v) is 8.14. The zero-order valence-electron chi connectivity index (χ0n) is 14.7. The molecule has 0 unspecified atom stereocenters. The first-order valence-corrected chi connectivity index (χ1v) is 9.78. The van der Waals surface area contributed by atoms with Crippen molar-refractivity contribution >= 4 is 15.9 Å². The van der Waals surface area contributed by atoms with E-state index in [0.717, 1.165) is 5.56 Å². The summed E-state index contributed by atoms with van der Waals surface area (Å²) < 4.78 is 32.6. The predicted octanol–water partition coefficient (Wildman–Crippen LogP) is 2.35. The van der Waals surface area contributed by atoms with Crippen molar-refractivity contribution in [2.24, 2.45) is 5.92 Å². The van der Waals surface area contributed by atoms with Crippen LogP contribution in [0.4, 0.5) is 0 Å². The average molecular weight is 364 g/mol. The van der Waals surface area contributed by atoms with Crippen molar-refractivity contribution in [2.75, 3.05) is 0 Å². The van der Waals surface area contributed by atoms with Gasteiger partial charge in [0, 0.05) is 0 Å². The van der Waals surface area contributed by atoms with E-state index in [0.29, 0.717) is 11.3 Å². The number of nitrogens with one attached hydrogen (secondary N) is 2. The lowest BCUT2D eigenvalue weighted by molar-refractivity contribution is -0.123. The van der Waals surface area contributed by atoms with Gasteiger partial charge in [-0.1, -0.05) is 43.7 Å². The molecule has 0 fully saturated rings. The van der Waals surface area contributed by atoms with Crippen molar-refractivity contribution < 1.29 is 17.6 Å².